The Kier molecular flexibility index (Phi) is 5.13. The van der Waals surface area contributed by atoms with Crippen molar-refractivity contribution in [3.8, 4) is 12.1 Å². The van der Waals surface area contributed by atoms with Crippen LogP contribution in [0.4, 0.5) is 13.2 Å². The SMILES string of the molecule is CC(c1ccc(C(F)(F)F)nc1)n1nc(C#N)c2c(=O)[nH]c([C@@H]3CC[C@H]3n3ccc(C#N)n3)nc21. The van der Waals surface area contributed by atoms with E-state index in [1.54, 1.807) is 23.9 Å². The topological polar surface area (TPSA) is 142 Å². The number of fused-ring (bicyclic) bond motifs is 1. The molecule has 1 unspecified atom stereocenters. The first-order valence-corrected chi connectivity index (χ1v) is 10.6. The summed E-state index contributed by atoms with van der Waals surface area (Å²) in [6.07, 6.45) is -0.287. The molecule has 1 aliphatic carbocycles. The molecule has 0 saturated heterocycles. The zero-order valence-electron chi connectivity index (χ0n) is 18.2. The van der Waals surface area contributed by atoms with Crippen LogP contribution in [0.3, 0.4) is 0 Å². The van der Waals surface area contributed by atoms with Gasteiger partial charge in [-0.1, -0.05) is 6.07 Å². The summed E-state index contributed by atoms with van der Waals surface area (Å²) in [4.78, 5) is 23.8. The second-order valence-corrected chi connectivity index (χ2v) is 8.25. The number of nitrogens with zero attached hydrogens (tertiary/aromatic N) is 8. The number of aromatic nitrogens is 7. The minimum atomic E-state index is -4.57. The van der Waals surface area contributed by atoms with Crippen LogP contribution in [-0.2, 0) is 6.18 Å². The first kappa shape index (κ1) is 22.3. The number of alkyl halides is 3. The van der Waals surface area contributed by atoms with Crippen LogP contribution in [0, 0.1) is 22.7 Å². The summed E-state index contributed by atoms with van der Waals surface area (Å²) in [5.41, 5.74) is -0.864. The van der Waals surface area contributed by atoms with Crippen molar-refractivity contribution < 1.29 is 13.2 Å². The van der Waals surface area contributed by atoms with Gasteiger partial charge in [0, 0.05) is 18.3 Å². The molecule has 35 heavy (non-hydrogen) atoms. The Bertz CT molecular complexity index is 1570. The van der Waals surface area contributed by atoms with Crippen molar-refractivity contribution >= 4 is 11.0 Å². The van der Waals surface area contributed by atoms with E-state index in [0.717, 1.165) is 25.1 Å². The molecule has 0 radical (unpaired) electrons. The monoisotopic (exact) mass is 479 g/mol. The van der Waals surface area contributed by atoms with E-state index in [-0.39, 0.29) is 34.4 Å². The van der Waals surface area contributed by atoms with Gasteiger partial charge in [-0.15, -0.1) is 0 Å². The molecule has 1 saturated carbocycles. The Morgan fingerprint density at radius 2 is 1.97 bits per heavy atom. The molecule has 0 aromatic carbocycles. The van der Waals surface area contributed by atoms with E-state index in [4.69, 9.17) is 5.26 Å². The predicted molar refractivity (Wildman–Crippen MR) is 114 cm³/mol. The Labute approximate surface area is 195 Å². The van der Waals surface area contributed by atoms with Crippen LogP contribution >= 0.6 is 0 Å². The van der Waals surface area contributed by atoms with Crippen LogP contribution < -0.4 is 5.56 Å². The average Bonchev–Trinajstić information content (AvgIpc) is 3.42. The van der Waals surface area contributed by atoms with E-state index >= 15 is 0 Å². The molecule has 4 aromatic rings. The summed E-state index contributed by atoms with van der Waals surface area (Å²) < 4.78 is 41.7. The van der Waals surface area contributed by atoms with Crippen molar-refractivity contribution in [3.63, 3.8) is 0 Å². The van der Waals surface area contributed by atoms with Gasteiger partial charge in [0.1, 0.15) is 29.0 Å². The number of nitrogens with one attached hydrogen (secondary N) is 1. The first-order valence-electron chi connectivity index (χ1n) is 10.6. The van der Waals surface area contributed by atoms with Gasteiger partial charge in [0.2, 0.25) is 0 Å². The molecule has 0 bridgehead atoms. The lowest BCUT2D eigenvalue weighted by Gasteiger charge is -2.35. The largest absolute Gasteiger partial charge is 0.433 e. The molecule has 4 heterocycles. The van der Waals surface area contributed by atoms with Gasteiger partial charge in [0.05, 0.1) is 12.1 Å². The van der Waals surface area contributed by atoms with Crippen LogP contribution in [0.25, 0.3) is 11.0 Å². The van der Waals surface area contributed by atoms with Crippen LogP contribution in [0.5, 0.6) is 0 Å². The van der Waals surface area contributed by atoms with E-state index in [9.17, 15) is 23.2 Å². The molecule has 0 aliphatic heterocycles. The quantitative estimate of drug-likeness (QED) is 0.474. The number of nitriles is 2. The molecule has 1 aliphatic rings. The molecular weight excluding hydrogens is 463 g/mol. The molecule has 5 rings (SSSR count). The van der Waals surface area contributed by atoms with Crippen LogP contribution in [0.15, 0.2) is 35.4 Å². The number of hydrogen-bond donors (Lipinski definition) is 1. The Balaban J connectivity index is 1.56. The highest BCUT2D eigenvalue weighted by Crippen LogP contribution is 2.44. The van der Waals surface area contributed by atoms with Crippen molar-refractivity contribution in [2.45, 2.75) is 43.9 Å². The fourth-order valence-corrected chi connectivity index (χ4v) is 4.25. The van der Waals surface area contributed by atoms with Gasteiger partial charge in [0.25, 0.3) is 5.56 Å². The van der Waals surface area contributed by atoms with Gasteiger partial charge in [-0.3, -0.25) is 14.5 Å². The Hall–Kier alpha value is -4.52. The van der Waals surface area contributed by atoms with Gasteiger partial charge >= 0.3 is 6.18 Å². The number of pyridine rings is 1. The average molecular weight is 479 g/mol. The standard InChI is InChI=1S/C22H16F3N9O/c1-11(12-2-5-17(28-10-12)22(23,24)25)34-20-18(15(9-27)32-34)21(35)30-19(29-20)14-3-4-16(14)33-7-6-13(8-26)31-33/h2,5-7,10-11,14,16H,3-4H2,1H3,(H,29,30,35)/t11?,14-,16-/m1/s1. The zero-order chi connectivity index (χ0) is 24.9. The molecule has 0 amide bonds. The van der Waals surface area contributed by atoms with E-state index < -0.39 is 23.5 Å². The van der Waals surface area contributed by atoms with E-state index in [2.05, 4.69) is 25.1 Å². The fourth-order valence-electron chi connectivity index (χ4n) is 4.25. The fraction of sp³-hybridized carbons (Fsp3) is 0.318. The second-order valence-electron chi connectivity index (χ2n) is 8.25. The lowest BCUT2D eigenvalue weighted by atomic mass is 9.79. The number of aromatic amines is 1. The Morgan fingerprint density at radius 3 is 2.54 bits per heavy atom. The maximum Gasteiger partial charge on any atom is 0.433 e. The number of rotatable bonds is 4. The minimum Gasteiger partial charge on any atom is -0.309 e. The molecule has 13 heteroatoms. The van der Waals surface area contributed by atoms with Gasteiger partial charge in [-0.25, -0.2) is 9.67 Å². The molecule has 3 atom stereocenters. The van der Waals surface area contributed by atoms with Crippen molar-refractivity contribution in [3.05, 3.63) is 69.4 Å². The lowest BCUT2D eigenvalue weighted by molar-refractivity contribution is -0.141. The molecular formula is C22H16F3N9O. The van der Waals surface area contributed by atoms with Gasteiger partial charge in [0.15, 0.2) is 17.0 Å². The first-order chi connectivity index (χ1) is 16.7. The summed E-state index contributed by atoms with van der Waals surface area (Å²) in [7, 11) is 0. The lowest BCUT2D eigenvalue weighted by Crippen LogP contribution is -2.31. The third-order valence-corrected chi connectivity index (χ3v) is 6.26. The minimum absolute atomic E-state index is 0.00435. The van der Waals surface area contributed by atoms with Crippen molar-refractivity contribution in [1.29, 1.82) is 10.5 Å². The second kappa shape index (κ2) is 8.06. The Morgan fingerprint density at radius 1 is 1.17 bits per heavy atom. The predicted octanol–water partition coefficient (Wildman–Crippen LogP) is 3.20. The number of hydrogen-bond acceptors (Lipinski definition) is 7. The molecule has 10 nitrogen and oxygen atoms in total. The summed E-state index contributed by atoms with van der Waals surface area (Å²) >= 11 is 0. The van der Waals surface area contributed by atoms with Crippen LogP contribution in [-0.4, -0.2) is 34.5 Å². The van der Waals surface area contributed by atoms with Gasteiger partial charge < -0.3 is 4.98 Å². The smallest absolute Gasteiger partial charge is 0.309 e. The highest BCUT2D eigenvalue weighted by molar-refractivity contribution is 5.80. The normalized spacial score (nSPS) is 18.6. The molecule has 176 valence electrons. The molecule has 1 N–H and O–H groups in total. The highest BCUT2D eigenvalue weighted by Gasteiger charge is 2.37. The summed E-state index contributed by atoms with van der Waals surface area (Å²) in [5, 5.41) is 27.0. The third-order valence-electron chi connectivity index (χ3n) is 6.26. The van der Waals surface area contributed by atoms with Gasteiger partial charge in [-0.05, 0) is 37.5 Å². The van der Waals surface area contributed by atoms with Gasteiger partial charge in [-0.2, -0.15) is 33.9 Å². The van der Waals surface area contributed by atoms with Crippen molar-refractivity contribution in [1.82, 2.24) is 34.5 Å². The third kappa shape index (κ3) is 3.71. The van der Waals surface area contributed by atoms with E-state index in [1.165, 1.54) is 10.7 Å². The molecule has 0 spiro atoms. The van der Waals surface area contributed by atoms with Crippen molar-refractivity contribution in [2.24, 2.45) is 0 Å². The zero-order valence-corrected chi connectivity index (χ0v) is 18.2. The summed E-state index contributed by atoms with van der Waals surface area (Å²) in [5.74, 6) is 0.201. The van der Waals surface area contributed by atoms with Crippen LogP contribution in [0.1, 0.15) is 66.2 Å². The molecule has 4 aromatic heterocycles. The molecule has 1 fully saturated rings. The maximum atomic E-state index is 12.9. The van der Waals surface area contributed by atoms with E-state index in [1.807, 2.05) is 12.1 Å². The van der Waals surface area contributed by atoms with Crippen LogP contribution in [0.2, 0.25) is 0 Å². The highest BCUT2D eigenvalue weighted by atomic mass is 19.4. The summed E-state index contributed by atoms with van der Waals surface area (Å²) in [6.45, 7) is 1.67. The summed E-state index contributed by atoms with van der Waals surface area (Å²) in [6, 6.07) is 6.85. The maximum absolute atomic E-state index is 12.9. The number of halogens is 3. The number of H-pyrrole nitrogens is 1. The van der Waals surface area contributed by atoms with E-state index in [0.29, 0.717) is 11.4 Å². The van der Waals surface area contributed by atoms with Crippen molar-refractivity contribution in [2.75, 3.05) is 0 Å².